The van der Waals surface area contributed by atoms with Gasteiger partial charge >= 0.3 is 24.7 Å². The molecule has 8 aromatic rings. The van der Waals surface area contributed by atoms with Crippen molar-refractivity contribution in [2.45, 2.75) is 44.0 Å². The molecule has 55 heavy (non-hydrogen) atoms. The molecule has 4 nitrogen and oxygen atoms in total. The molecule has 0 unspecified atom stereocenters. The maximum atomic E-state index is 14.8. The molecule has 4 heterocycles. The molecule has 0 spiro atoms. The lowest BCUT2D eigenvalue weighted by Crippen LogP contribution is -2.27. The van der Waals surface area contributed by atoms with Crippen LogP contribution < -0.4 is 0 Å². The van der Waals surface area contributed by atoms with Crippen molar-refractivity contribution < 1.29 is 52.7 Å². The maximum absolute atomic E-state index is 14.8. The average Bonchev–Trinajstić information content (AvgIpc) is 3.88. The van der Waals surface area contributed by atoms with E-state index in [4.69, 9.17) is 0 Å². The molecule has 0 aliphatic heterocycles. The number of halogens is 12. The molecule has 8 rings (SSSR count). The Morgan fingerprint density at radius 1 is 0.418 bits per heavy atom. The van der Waals surface area contributed by atoms with E-state index in [1.807, 2.05) is 0 Å². The van der Waals surface area contributed by atoms with Gasteiger partial charge in [-0.1, -0.05) is 48.5 Å². The highest BCUT2D eigenvalue weighted by Crippen LogP contribution is 2.48. The Morgan fingerprint density at radius 3 is 1.05 bits per heavy atom. The van der Waals surface area contributed by atoms with E-state index in [0.717, 1.165) is 35.3 Å². The second-order valence-electron chi connectivity index (χ2n) is 13.2. The largest absolute Gasteiger partial charge is 0.419 e. The molecule has 0 radical (unpaired) electrons. The standard InChI is InChI=1S/C37H20F12N4S2/c1-33(2,31-23(36(44,45)46)15-52(50-31)25-13-5-9-19-17-7-3-11-21(34(38,39)40)27(17)54-29(19)25)32-24(37(47,48)49)16-53(51-32)26-14-6-10-20-18-8-4-12-22(35(41,42)43)28(18)55-30(20)26/h3-16H,1-2H3. The zero-order valence-corrected chi connectivity index (χ0v) is 29.4. The highest BCUT2D eigenvalue weighted by atomic mass is 32.1. The number of alkyl halides is 12. The molecule has 0 amide bonds. The minimum absolute atomic E-state index is 0.0457. The number of benzene rings is 4. The molecule has 0 aliphatic carbocycles. The molecule has 0 saturated heterocycles. The predicted octanol–water partition coefficient (Wildman–Crippen LogP) is 13.2. The third-order valence-corrected chi connectivity index (χ3v) is 11.9. The lowest BCUT2D eigenvalue weighted by atomic mass is 9.81. The first-order chi connectivity index (χ1) is 25.6. The molecule has 18 heteroatoms. The number of thiophene rings is 2. The Balaban J connectivity index is 1.32. The summed E-state index contributed by atoms with van der Waals surface area (Å²) in [5.41, 5.74) is -8.77. The van der Waals surface area contributed by atoms with E-state index in [9.17, 15) is 52.7 Å². The van der Waals surface area contributed by atoms with E-state index in [0.29, 0.717) is 45.8 Å². The summed E-state index contributed by atoms with van der Waals surface area (Å²) < 4.78 is 174. The predicted molar refractivity (Wildman–Crippen MR) is 185 cm³/mol. The summed E-state index contributed by atoms with van der Waals surface area (Å²) in [5.74, 6) is 0. The van der Waals surface area contributed by atoms with E-state index >= 15 is 0 Å². The quantitative estimate of drug-likeness (QED) is 0.166. The van der Waals surface area contributed by atoms with Crippen LogP contribution in [0.5, 0.6) is 0 Å². The Hall–Kier alpha value is -5.10. The normalized spacial score (nSPS) is 13.6. The summed E-state index contributed by atoms with van der Waals surface area (Å²) in [6.07, 6.45) is -18.7. The molecule has 4 aromatic heterocycles. The Kier molecular flexibility index (Phi) is 8.01. The van der Waals surface area contributed by atoms with Crippen molar-refractivity contribution in [2.24, 2.45) is 0 Å². The summed E-state index contributed by atoms with van der Waals surface area (Å²) in [7, 11) is 0. The van der Waals surface area contributed by atoms with Crippen LogP contribution in [-0.4, -0.2) is 19.6 Å². The fraction of sp³-hybridized carbons (Fsp3) is 0.189. The second-order valence-corrected chi connectivity index (χ2v) is 15.2. The van der Waals surface area contributed by atoms with Crippen LogP contribution in [0.2, 0.25) is 0 Å². The summed E-state index contributed by atoms with van der Waals surface area (Å²) in [6, 6.07) is 15.6. The lowest BCUT2D eigenvalue weighted by molar-refractivity contribution is -0.139. The van der Waals surface area contributed by atoms with Gasteiger partial charge in [0.15, 0.2) is 0 Å². The van der Waals surface area contributed by atoms with Crippen molar-refractivity contribution in [2.75, 3.05) is 0 Å². The minimum Gasteiger partial charge on any atom is -0.239 e. The zero-order valence-electron chi connectivity index (χ0n) is 27.7. The molecule has 0 aliphatic rings. The second kappa shape index (κ2) is 11.9. The van der Waals surface area contributed by atoms with Crippen molar-refractivity contribution in [1.29, 1.82) is 0 Å². The van der Waals surface area contributed by atoms with Crippen LogP contribution >= 0.6 is 22.7 Å². The molecule has 284 valence electrons. The van der Waals surface area contributed by atoms with Gasteiger partial charge in [-0.3, -0.25) is 0 Å². The molecule has 0 fully saturated rings. The Labute approximate surface area is 308 Å². The first-order valence-corrected chi connectivity index (χ1v) is 17.6. The summed E-state index contributed by atoms with van der Waals surface area (Å²) in [6.45, 7) is 2.14. The molecule has 0 atom stereocenters. The highest BCUT2D eigenvalue weighted by molar-refractivity contribution is 7.26. The van der Waals surface area contributed by atoms with Gasteiger partial charge in [-0.05, 0) is 38.1 Å². The number of nitrogens with zero attached hydrogens (tertiary/aromatic N) is 4. The number of fused-ring (bicyclic) bond motifs is 6. The fourth-order valence-corrected chi connectivity index (χ4v) is 9.54. The van der Waals surface area contributed by atoms with E-state index in [-0.39, 0.29) is 40.9 Å². The van der Waals surface area contributed by atoms with Gasteiger partial charge in [0.1, 0.15) is 0 Å². The van der Waals surface area contributed by atoms with E-state index in [2.05, 4.69) is 10.2 Å². The number of aromatic nitrogens is 4. The van der Waals surface area contributed by atoms with Crippen molar-refractivity contribution >= 4 is 63.0 Å². The molecular formula is C37H20F12N4S2. The van der Waals surface area contributed by atoms with Crippen LogP contribution in [0.3, 0.4) is 0 Å². The average molecular weight is 813 g/mol. The van der Waals surface area contributed by atoms with Gasteiger partial charge in [0.05, 0.1) is 59.8 Å². The molecule has 0 saturated carbocycles. The fourth-order valence-electron chi connectivity index (χ4n) is 6.86. The monoisotopic (exact) mass is 812 g/mol. The third-order valence-electron chi connectivity index (χ3n) is 9.33. The van der Waals surface area contributed by atoms with Gasteiger partial charge in [0, 0.05) is 43.3 Å². The van der Waals surface area contributed by atoms with Gasteiger partial charge < -0.3 is 0 Å². The van der Waals surface area contributed by atoms with Gasteiger partial charge in [0.25, 0.3) is 0 Å². The van der Waals surface area contributed by atoms with Gasteiger partial charge in [-0.25, -0.2) is 9.36 Å². The minimum atomic E-state index is -5.16. The van der Waals surface area contributed by atoms with Crippen molar-refractivity contribution in [3.8, 4) is 11.4 Å². The van der Waals surface area contributed by atoms with Crippen LogP contribution in [0.4, 0.5) is 52.7 Å². The first kappa shape index (κ1) is 36.9. The van der Waals surface area contributed by atoms with Crippen LogP contribution in [0.1, 0.15) is 47.5 Å². The third kappa shape index (κ3) is 5.91. The highest BCUT2D eigenvalue weighted by Gasteiger charge is 2.47. The van der Waals surface area contributed by atoms with Crippen LogP contribution in [0.25, 0.3) is 51.7 Å². The topological polar surface area (TPSA) is 35.6 Å². The summed E-state index contributed by atoms with van der Waals surface area (Å²) >= 11 is 1.37. The Morgan fingerprint density at radius 2 is 0.727 bits per heavy atom. The van der Waals surface area contributed by atoms with Crippen LogP contribution in [0, 0.1) is 0 Å². The van der Waals surface area contributed by atoms with Crippen LogP contribution in [0.15, 0.2) is 85.2 Å². The smallest absolute Gasteiger partial charge is 0.239 e. The lowest BCUT2D eigenvalue weighted by Gasteiger charge is -2.24. The summed E-state index contributed by atoms with van der Waals surface area (Å²) in [4.78, 5) is 0. The maximum Gasteiger partial charge on any atom is 0.419 e. The number of hydrogen-bond acceptors (Lipinski definition) is 4. The summed E-state index contributed by atoms with van der Waals surface area (Å²) in [5, 5.41) is 9.31. The van der Waals surface area contributed by atoms with E-state index in [1.165, 1.54) is 60.7 Å². The van der Waals surface area contributed by atoms with E-state index < -0.39 is 63.8 Å². The van der Waals surface area contributed by atoms with Gasteiger partial charge in [-0.15, -0.1) is 22.7 Å². The van der Waals surface area contributed by atoms with Crippen molar-refractivity contribution in [3.05, 3.63) is 119 Å². The van der Waals surface area contributed by atoms with E-state index in [1.54, 1.807) is 0 Å². The first-order valence-electron chi connectivity index (χ1n) is 15.9. The van der Waals surface area contributed by atoms with Crippen LogP contribution in [-0.2, 0) is 30.1 Å². The van der Waals surface area contributed by atoms with Gasteiger partial charge in [0.2, 0.25) is 0 Å². The molecule has 0 N–H and O–H groups in total. The Bertz CT molecular complexity index is 2620. The van der Waals surface area contributed by atoms with Crippen molar-refractivity contribution in [1.82, 2.24) is 19.6 Å². The number of hydrogen-bond donors (Lipinski definition) is 0. The molecule has 0 bridgehead atoms. The molecule has 4 aromatic carbocycles. The zero-order chi connectivity index (χ0) is 39.6. The van der Waals surface area contributed by atoms with Crippen molar-refractivity contribution in [3.63, 3.8) is 0 Å². The molecular weight excluding hydrogens is 793 g/mol. The number of rotatable bonds is 4. The van der Waals surface area contributed by atoms with Gasteiger partial charge in [-0.2, -0.15) is 62.9 Å². The SMILES string of the molecule is CC(C)(c1nn(-c2cccc3c2sc2c(C(F)(F)F)cccc23)cc1C(F)(F)F)c1nn(-c2cccc3c2sc2c(C(F)(F)F)cccc23)cc1C(F)(F)F.